The van der Waals surface area contributed by atoms with Crippen molar-refractivity contribution in [2.24, 2.45) is 0 Å². The first kappa shape index (κ1) is 11.7. The predicted molar refractivity (Wildman–Crippen MR) is 63.8 cm³/mol. The summed E-state index contributed by atoms with van der Waals surface area (Å²) in [4.78, 5) is 22.4. The average molecular weight is 253 g/mol. The number of rotatable bonds is 3. The number of hydrogen-bond donors (Lipinski definition) is 0. The monoisotopic (exact) mass is 252 g/mol. The number of halogens is 1. The Morgan fingerprint density at radius 3 is 2.82 bits per heavy atom. The summed E-state index contributed by atoms with van der Waals surface area (Å²) in [6.45, 7) is 2.38. The highest BCUT2D eigenvalue weighted by Crippen LogP contribution is 2.20. The van der Waals surface area contributed by atoms with Crippen molar-refractivity contribution in [3.05, 3.63) is 40.2 Å². The largest absolute Gasteiger partial charge is 0.494 e. The molecule has 2 aromatic rings. The van der Waals surface area contributed by atoms with Crippen molar-refractivity contribution >= 4 is 27.8 Å². The lowest BCUT2D eigenvalue weighted by molar-refractivity contribution is 0.107. The highest BCUT2D eigenvalue weighted by molar-refractivity contribution is 6.67. The molecule has 5 heteroatoms. The molecule has 1 heterocycles. The zero-order chi connectivity index (χ0) is 12.4. The molecule has 0 unspecified atom stereocenters. The second-order valence-corrected chi connectivity index (χ2v) is 3.70. The van der Waals surface area contributed by atoms with Crippen LogP contribution in [0.5, 0.6) is 5.75 Å². The third-order valence-electron chi connectivity index (χ3n) is 2.23. The average Bonchev–Trinajstić information content (AvgIpc) is 2.28. The van der Waals surface area contributed by atoms with Crippen LogP contribution in [-0.4, -0.2) is 11.8 Å². The van der Waals surface area contributed by atoms with Crippen molar-refractivity contribution in [1.29, 1.82) is 0 Å². The molecule has 0 saturated carbocycles. The summed E-state index contributed by atoms with van der Waals surface area (Å²) in [5, 5.41) is -0.202. The Balaban J connectivity index is 2.62. The molecular weight excluding hydrogens is 244 g/mol. The van der Waals surface area contributed by atoms with Gasteiger partial charge in [0.2, 0.25) is 0 Å². The maximum atomic E-state index is 11.4. The van der Waals surface area contributed by atoms with Crippen molar-refractivity contribution in [2.75, 3.05) is 6.61 Å². The van der Waals surface area contributed by atoms with Gasteiger partial charge in [-0.2, -0.15) is 0 Å². The third kappa shape index (κ3) is 2.31. The molecule has 0 spiro atoms. The van der Waals surface area contributed by atoms with Crippen LogP contribution in [0, 0.1) is 0 Å². The van der Waals surface area contributed by atoms with Crippen LogP contribution in [0.15, 0.2) is 33.5 Å². The van der Waals surface area contributed by atoms with Crippen molar-refractivity contribution in [2.45, 2.75) is 6.92 Å². The second-order valence-electron chi connectivity index (χ2n) is 3.35. The quantitative estimate of drug-likeness (QED) is 0.622. The standard InChI is InChI=1S/C12H9ClO4/c1-2-16-8-4-3-7-5-9(11(13)14)12(15)17-10(7)6-8/h3-6H,2H2,1H3. The number of hydrogen-bond acceptors (Lipinski definition) is 4. The summed E-state index contributed by atoms with van der Waals surface area (Å²) >= 11 is 5.27. The zero-order valence-electron chi connectivity index (χ0n) is 9.03. The van der Waals surface area contributed by atoms with Gasteiger partial charge >= 0.3 is 5.63 Å². The molecule has 0 N–H and O–H groups in total. The Morgan fingerprint density at radius 1 is 1.41 bits per heavy atom. The highest BCUT2D eigenvalue weighted by atomic mass is 35.5. The van der Waals surface area contributed by atoms with Gasteiger partial charge in [0.05, 0.1) is 6.61 Å². The van der Waals surface area contributed by atoms with E-state index in [0.29, 0.717) is 23.3 Å². The molecule has 1 aromatic carbocycles. The Labute approximate surface area is 102 Å². The molecule has 17 heavy (non-hydrogen) atoms. The van der Waals surface area contributed by atoms with Gasteiger partial charge in [-0.3, -0.25) is 4.79 Å². The van der Waals surface area contributed by atoms with Gasteiger partial charge in [0.25, 0.3) is 5.24 Å². The fourth-order valence-corrected chi connectivity index (χ4v) is 1.62. The van der Waals surface area contributed by atoms with E-state index in [1.54, 1.807) is 18.2 Å². The fraction of sp³-hybridized carbons (Fsp3) is 0.167. The smallest absolute Gasteiger partial charge is 0.348 e. The van der Waals surface area contributed by atoms with E-state index >= 15 is 0 Å². The minimum absolute atomic E-state index is 0.164. The van der Waals surface area contributed by atoms with Gasteiger partial charge in [-0.15, -0.1) is 0 Å². The van der Waals surface area contributed by atoms with Gasteiger partial charge < -0.3 is 9.15 Å². The molecule has 0 aliphatic heterocycles. The molecular formula is C12H9ClO4. The molecule has 0 amide bonds. The minimum Gasteiger partial charge on any atom is -0.494 e. The molecule has 4 nitrogen and oxygen atoms in total. The molecule has 0 fully saturated rings. The third-order valence-corrected chi connectivity index (χ3v) is 2.43. The van der Waals surface area contributed by atoms with Crippen molar-refractivity contribution in [1.82, 2.24) is 0 Å². The van der Waals surface area contributed by atoms with Crippen LogP contribution in [-0.2, 0) is 0 Å². The minimum atomic E-state index is -0.825. The number of carbonyl (C=O) groups excluding carboxylic acids is 1. The van der Waals surface area contributed by atoms with E-state index in [1.807, 2.05) is 6.92 Å². The Bertz CT molecular complexity index is 630. The molecule has 0 bridgehead atoms. The molecule has 2 rings (SSSR count). The van der Waals surface area contributed by atoms with Crippen LogP contribution >= 0.6 is 11.6 Å². The van der Waals surface area contributed by atoms with E-state index < -0.39 is 10.9 Å². The van der Waals surface area contributed by atoms with Crippen LogP contribution in [0.1, 0.15) is 17.3 Å². The Morgan fingerprint density at radius 2 is 2.18 bits per heavy atom. The first-order valence-electron chi connectivity index (χ1n) is 5.02. The van der Waals surface area contributed by atoms with E-state index in [0.717, 1.165) is 0 Å². The van der Waals surface area contributed by atoms with Gasteiger partial charge in [0.15, 0.2) is 0 Å². The van der Waals surface area contributed by atoms with Crippen LogP contribution in [0.2, 0.25) is 0 Å². The Hall–Kier alpha value is -1.81. The molecule has 0 aliphatic rings. The van der Waals surface area contributed by atoms with Gasteiger partial charge in [0, 0.05) is 11.5 Å². The lowest BCUT2D eigenvalue weighted by Crippen LogP contribution is -2.09. The van der Waals surface area contributed by atoms with Gasteiger partial charge in [-0.25, -0.2) is 4.79 Å². The van der Waals surface area contributed by atoms with E-state index in [4.69, 9.17) is 20.8 Å². The lowest BCUT2D eigenvalue weighted by atomic mass is 10.2. The fourth-order valence-electron chi connectivity index (χ4n) is 1.49. The van der Waals surface area contributed by atoms with Crippen LogP contribution in [0.3, 0.4) is 0 Å². The van der Waals surface area contributed by atoms with Crippen molar-refractivity contribution in [3.8, 4) is 5.75 Å². The maximum Gasteiger partial charge on any atom is 0.348 e. The van der Waals surface area contributed by atoms with Crippen LogP contribution in [0.4, 0.5) is 0 Å². The van der Waals surface area contributed by atoms with Gasteiger partial charge in [-0.1, -0.05) is 0 Å². The summed E-state index contributed by atoms with van der Waals surface area (Å²) < 4.78 is 10.3. The first-order chi connectivity index (χ1) is 8.11. The van der Waals surface area contributed by atoms with E-state index in [1.165, 1.54) is 6.07 Å². The van der Waals surface area contributed by atoms with E-state index in [2.05, 4.69) is 0 Å². The van der Waals surface area contributed by atoms with Gasteiger partial charge in [-0.05, 0) is 36.7 Å². The maximum absolute atomic E-state index is 11.4. The second kappa shape index (κ2) is 4.59. The summed E-state index contributed by atoms with van der Waals surface area (Å²) in [6.07, 6.45) is 0. The summed E-state index contributed by atoms with van der Waals surface area (Å²) in [5.74, 6) is 0.605. The summed E-state index contributed by atoms with van der Waals surface area (Å²) in [6, 6.07) is 6.44. The molecule has 0 atom stereocenters. The number of benzene rings is 1. The SMILES string of the molecule is CCOc1ccc2cc(C(=O)Cl)c(=O)oc2c1. The van der Waals surface area contributed by atoms with E-state index in [9.17, 15) is 9.59 Å². The normalized spacial score (nSPS) is 10.5. The molecule has 0 aliphatic carbocycles. The summed E-state index contributed by atoms with van der Waals surface area (Å²) in [5.41, 5.74) is -0.544. The number of carbonyl (C=O) groups is 1. The lowest BCUT2D eigenvalue weighted by Gasteiger charge is -2.04. The first-order valence-corrected chi connectivity index (χ1v) is 5.40. The molecule has 88 valence electrons. The van der Waals surface area contributed by atoms with Crippen molar-refractivity contribution in [3.63, 3.8) is 0 Å². The van der Waals surface area contributed by atoms with E-state index in [-0.39, 0.29) is 5.56 Å². The number of ether oxygens (including phenoxy) is 1. The van der Waals surface area contributed by atoms with Crippen molar-refractivity contribution < 1.29 is 13.9 Å². The Kier molecular flexibility index (Phi) is 3.15. The molecule has 1 aromatic heterocycles. The van der Waals surface area contributed by atoms with Crippen LogP contribution < -0.4 is 10.4 Å². The predicted octanol–water partition coefficient (Wildman–Crippen LogP) is 2.57. The topological polar surface area (TPSA) is 56.5 Å². The zero-order valence-corrected chi connectivity index (χ0v) is 9.78. The molecule has 0 radical (unpaired) electrons. The molecule has 0 saturated heterocycles. The number of fused-ring (bicyclic) bond motifs is 1. The van der Waals surface area contributed by atoms with Gasteiger partial charge in [0.1, 0.15) is 16.9 Å². The summed E-state index contributed by atoms with van der Waals surface area (Å²) in [7, 11) is 0. The highest BCUT2D eigenvalue weighted by Gasteiger charge is 2.11. The van der Waals surface area contributed by atoms with Crippen LogP contribution in [0.25, 0.3) is 11.0 Å².